The van der Waals surface area contributed by atoms with Crippen LogP contribution < -0.4 is 0 Å². The van der Waals surface area contributed by atoms with Crippen molar-refractivity contribution in [2.24, 2.45) is 0 Å². The van der Waals surface area contributed by atoms with Crippen LogP contribution in [0.1, 0.15) is 28.4 Å². The largest absolute Gasteiger partial charge is 0.334 e. The van der Waals surface area contributed by atoms with Crippen LogP contribution in [0.5, 0.6) is 0 Å². The van der Waals surface area contributed by atoms with Gasteiger partial charge in [0.2, 0.25) is 0 Å². The molecule has 0 aliphatic carbocycles. The van der Waals surface area contributed by atoms with Gasteiger partial charge in [-0.2, -0.15) is 0 Å². The number of nitrogens with zero attached hydrogens (tertiary/aromatic N) is 2. The maximum absolute atomic E-state index is 13.9. The first-order valence-electron chi connectivity index (χ1n) is 7.42. The quantitative estimate of drug-likeness (QED) is 0.532. The van der Waals surface area contributed by atoms with Gasteiger partial charge in [0, 0.05) is 34.8 Å². The molecule has 2 aromatic carbocycles. The fourth-order valence-electron chi connectivity index (χ4n) is 2.36. The second kappa shape index (κ2) is 7.69. The molecule has 0 atom stereocenters. The van der Waals surface area contributed by atoms with Crippen molar-refractivity contribution in [1.82, 2.24) is 4.90 Å². The Hall–Kier alpha value is -2.35. The molecule has 0 saturated carbocycles. The van der Waals surface area contributed by atoms with Crippen LogP contribution in [0, 0.1) is 28.7 Å². The van der Waals surface area contributed by atoms with Crippen molar-refractivity contribution in [3.05, 3.63) is 73.2 Å². The standard InChI is InChI=1S/C17H15BrF2N2O3/c1-3-21(9-12-6-13(18)4-5-14(12)19)17(23)11-7-15(20)10(2)16(8-11)22(24)25/h4-8H,3,9H2,1-2H3. The fraction of sp³-hybridized carbons (Fsp3) is 0.235. The van der Waals surface area contributed by atoms with Gasteiger partial charge in [-0.25, -0.2) is 8.78 Å². The van der Waals surface area contributed by atoms with Crippen molar-refractivity contribution in [2.75, 3.05) is 6.54 Å². The molecule has 2 aromatic rings. The first-order valence-corrected chi connectivity index (χ1v) is 8.21. The van der Waals surface area contributed by atoms with E-state index in [-0.39, 0.29) is 29.8 Å². The third kappa shape index (κ3) is 4.19. The van der Waals surface area contributed by atoms with Gasteiger partial charge in [0.1, 0.15) is 11.6 Å². The average molecular weight is 413 g/mol. The summed E-state index contributed by atoms with van der Waals surface area (Å²) >= 11 is 3.24. The van der Waals surface area contributed by atoms with Crippen LogP contribution in [0.3, 0.4) is 0 Å². The smallest absolute Gasteiger partial charge is 0.276 e. The van der Waals surface area contributed by atoms with Gasteiger partial charge in [-0.3, -0.25) is 14.9 Å². The summed E-state index contributed by atoms with van der Waals surface area (Å²) in [5, 5.41) is 11.0. The normalized spacial score (nSPS) is 10.6. The molecule has 132 valence electrons. The topological polar surface area (TPSA) is 63.5 Å². The number of nitro groups is 1. The minimum Gasteiger partial charge on any atom is -0.334 e. The van der Waals surface area contributed by atoms with E-state index in [1.165, 1.54) is 24.0 Å². The molecule has 0 bridgehead atoms. The number of benzene rings is 2. The monoisotopic (exact) mass is 412 g/mol. The summed E-state index contributed by atoms with van der Waals surface area (Å²) < 4.78 is 28.5. The minimum atomic E-state index is -0.831. The van der Waals surface area contributed by atoms with Gasteiger partial charge in [-0.15, -0.1) is 0 Å². The summed E-state index contributed by atoms with van der Waals surface area (Å²) in [6.45, 7) is 3.15. The summed E-state index contributed by atoms with van der Waals surface area (Å²) in [5.41, 5.74) is -0.464. The summed E-state index contributed by atoms with van der Waals surface area (Å²) in [4.78, 5) is 24.2. The molecule has 0 aliphatic heterocycles. The molecule has 0 N–H and O–H groups in total. The zero-order chi connectivity index (χ0) is 18.7. The number of rotatable bonds is 5. The summed E-state index contributed by atoms with van der Waals surface area (Å²) in [6.07, 6.45) is 0. The molecule has 0 spiro atoms. The fourth-order valence-corrected chi connectivity index (χ4v) is 2.77. The van der Waals surface area contributed by atoms with Crippen molar-refractivity contribution >= 4 is 27.5 Å². The van der Waals surface area contributed by atoms with E-state index in [2.05, 4.69) is 15.9 Å². The van der Waals surface area contributed by atoms with Gasteiger partial charge in [-0.1, -0.05) is 15.9 Å². The highest BCUT2D eigenvalue weighted by atomic mass is 79.9. The van der Waals surface area contributed by atoms with Crippen LogP contribution >= 0.6 is 15.9 Å². The number of amides is 1. The highest BCUT2D eigenvalue weighted by molar-refractivity contribution is 9.10. The molecular formula is C17H15BrF2N2O3. The van der Waals surface area contributed by atoms with Crippen LogP contribution in [-0.4, -0.2) is 22.3 Å². The Bertz CT molecular complexity index is 843. The van der Waals surface area contributed by atoms with E-state index in [9.17, 15) is 23.7 Å². The van der Waals surface area contributed by atoms with Gasteiger partial charge >= 0.3 is 0 Å². The van der Waals surface area contributed by atoms with Crippen LogP contribution in [0.2, 0.25) is 0 Å². The molecular weight excluding hydrogens is 398 g/mol. The highest BCUT2D eigenvalue weighted by Gasteiger charge is 2.23. The van der Waals surface area contributed by atoms with Crippen molar-refractivity contribution < 1.29 is 18.5 Å². The number of carbonyl (C=O) groups is 1. The molecule has 0 radical (unpaired) electrons. The Balaban J connectivity index is 2.37. The predicted molar refractivity (Wildman–Crippen MR) is 92.3 cm³/mol. The Labute approximate surface area is 151 Å². The van der Waals surface area contributed by atoms with Crippen LogP contribution in [0.4, 0.5) is 14.5 Å². The Kier molecular flexibility index (Phi) is 5.84. The number of hydrogen-bond donors (Lipinski definition) is 0. The van der Waals surface area contributed by atoms with E-state index in [1.54, 1.807) is 13.0 Å². The van der Waals surface area contributed by atoms with Gasteiger partial charge < -0.3 is 4.90 Å². The SMILES string of the molecule is CCN(Cc1cc(Br)ccc1F)C(=O)c1cc(F)c(C)c([N+](=O)[O-])c1. The maximum atomic E-state index is 13.9. The van der Waals surface area contributed by atoms with Gasteiger partial charge in [0.15, 0.2) is 0 Å². The molecule has 0 aromatic heterocycles. The minimum absolute atomic E-state index is 0.0378. The number of carbonyl (C=O) groups excluding carboxylic acids is 1. The van der Waals surface area contributed by atoms with Crippen molar-refractivity contribution in [3.63, 3.8) is 0 Å². The zero-order valence-corrected chi connectivity index (χ0v) is 15.1. The third-order valence-corrected chi connectivity index (χ3v) is 4.29. The Morgan fingerprint density at radius 3 is 2.52 bits per heavy atom. The molecule has 0 heterocycles. The first kappa shape index (κ1) is 19.0. The van der Waals surface area contributed by atoms with Crippen molar-refractivity contribution in [3.8, 4) is 0 Å². The van der Waals surface area contributed by atoms with Crippen LogP contribution in [0.25, 0.3) is 0 Å². The second-order valence-corrected chi connectivity index (χ2v) is 6.33. The van der Waals surface area contributed by atoms with E-state index in [0.29, 0.717) is 4.47 Å². The van der Waals surface area contributed by atoms with Gasteiger partial charge in [0.25, 0.3) is 11.6 Å². The van der Waals surface area contributed by atoms with Crippen molar-refractivity contribution in [1.29, 1.82) is 0 Å². The predicted octanol–water partition coefficient (Wildman–Crippen LogP) is 4.61. The Morgan fingerprint density at radius 2 is 1.92 bits per heavy atom. The van der Waals surface area contributed by atoms with Gasteiger partial charge in [-0.05, 0) is 38.1 Å². The molecule has 25 heavy (non-hydrogen) atoms. The van der Waals surface area contributed by atoms with E-state index in [4.69, 9.17) is 0 Å². The molecule has 0 fully saturated rings. The lowest BCUT2D eigenvalue weighted by Crippen LogP contribution is -2.31. The molecule has 0 saturated heterocycles. The van der Waals surface area contributed by atoms with E-state index < -0.39 is 28.2 Å². The summed E-state index contributed by atoms with van der Waals surface area (Å²) in [5.74, 6) is -1.92. The van der Waals surface area contributed by atoms with E-state index in [0.717, 1.165) is 12.1 Å². The summed E-state index contributed by atoms with van der Waals surface area (Å²) in [7, 11) is 0. The second-order valence-electron chi connectivity index (χ2n) is 5.41. The molecule has 8 heteroatoms. The molecule has 0 aliphatic rings. The van der Waals surface area contributed by atoms with Crippen LogP contribution in [-0.2, 0) is 6.54 Å². The number of hydrogen-bond acceptors (Lipinski definition) is 3. The van der Waals surface area contributed by atoms with Crippen LogP contribution in [0.15, 0.2) is 34.8 Å². The molecule has 2 rings (SSSR count). The molecule has 5 nitrogen and oxygen atoms in total. The number of nitro benzene ring substituents is 1. The lowest BCUT2D eigenvalue weighted by atomic mass is 10.1. The Morgan fingerprint density at radius 1 is 1.24 bits per heavy atom. The number of halogens is 3. The van der Waals surface area contributed by atoms with E-state index >= 15 is 0 Å². The molecule has 0 unspecified atom stereocenters. The lowest BCUT2D eigenvalue weighted by molar-refractivity contribution is -0.385. The lowest BCUT2D eigenvalue weighted by Gasteiger charge is -2.21. The van der Waals surface area contributed by atoms with Crippen molar-refractivity contribution in [2.45, 2.75) is 20.4 Å². The summed E-state index contributed by atoms with van der Waals surface area (Å²) in [6, 6.07) is 6.36. The maximum Gasteiger partial charge on any atom is 0.276 e. The van der Waals surface area contributed by atoms with E-state index in [1.807, 2.05) is 0 Å². The molecule has 1 amide bonds. The highest BCUT2D eigenvalue weighted by Crippen LogP contribution is 2.24. The zero-order valence-electron chi connectivity index (χ0n) is 13.6. The first-order chi connectivity index (χ1) is 11.7. The third-order valence-electron chi connectivity index (χ3n) is 3.80. The average Bonchev–Trinajstić information content (AvgIpc) is 2.57. The van der Waals surface area contributed by atoms with Gasteiger partial charge in [0.05, 0.1) is 10.5 Å².